The molecule has 2 aromatic rings. The van der Waals surface area contributed by atoms with E-state index in [2.05, 4.69) is 75.5 Å². The zero-order valence-electron chi connectivity index (χ0n) is 12.7. The van der Waals surface area contributed by atoms with Crippen LogP contribution in [0.2, 0.25) is 0 Å². The van der Waals surface area contributed by atoms with E-state index in [0.717, 1.165) is 6.54 Å². The average Bonchev–Trinajstić information content (AvgIpc) is 2.44. The monoisotopic (exact) mass is 285 g/mol. The second-order valence-corrected chi connectivity index (χ2v) is 6.34. The summed E-state index contributed by atoms with van der Waals surface area (Å²) in [5.41, 5.74) is 4.05. The lowest BCUT2D eigenvalue weighted by atomic mass is 10.1. The zero-order valence-corrected chi connectivity index (χ0v) is 13.6. The number of aryl methyl sites for hydroxylation is 2. The molecule has 0 aromatic heterocycles. The maximum Gasteiger partial charge on any atom is 0.0291 e. The first-order chi connectivity index (χ1) is 9.60. The molecule has 0 heterocycles. The summed E-state index contributed by atoms with van der Waals surface area (Å²) in [6.45, 7) is 9.66. The maximum atomic E-state index is 3.44. The highest BCUT2D eigenvalue weighted by molar-refractivity contribution is 7.99. The van der Waals surface area contributed by atoms with Crippen LogP contribution in [0.3, 0.4) is 0 Å². The van der Waals surface area contributed by atoms with Gasteiger partial charge in [0.05, 0.1) is 0 Å². The van der Waals surface area contributed by atoms with E-state index in [1.54, 1.807) is 0 Å². The van der Waals surface area contributed by atoms with Gasteiger partial charge in [0.25, 0.3) is 0 Å². The molecule has 1 nitrogen and oxygen atoms in total. The lowest BCUT2D eigenvalue weighted by Gasteiger charge is -2.13. The van der Waals surface area contributed by atoms with Crippen LogP contribution >= 0.6 is 11.8 Å². The molecule has 106 valence electrons. The number of rotatable bonds is 5. The Morgan fingerprint density at radius 1 is 0.950 bits per heavy atom. The maximum absolute atomic E-state index is 3.44. The molecule has 1 N–H and O–H groups in total. The Kier molecular flexibility index (Phi) is 5.27. The summed E-state index contributed by atoms with van der Waals surface area (Å²) in [5.74, 6) is 0. The van der Waals surface area contributed by atoms with Crippen molar-refractivity contribution >= 4 is 11.8 Å². The van der Waals surface area contributed by atoms with Gasteiger partial charge < -0.3 is 5.32 Å². The summed E-state index contributed by atoms with van der Waals surface area (Å²) in [5, 5.41) is 3.44. The van der Waals surface area contributed by atoms with Gasteiger partial charge in [-0.25, -0.2) is 0 Å². The molecule has 0 fully saturated rings. The van der Waals surface area contributed by atoms with Crippen molar-refractivity contribution in [2.24, 2.45) is 0 Å². The van der Waals surface area contributed by atoms with E-state index in [-0.39, 0.29) is 0 Å². The highest BCUT2D eigenvalue weighted by Crippen LogP contribution is 2.29. The molecule has 0 bridgehead atoms. The number of hydrogen-bond donors (Lipinski definition) is 1. The summed E-state index contributed by atoms with van der Waals surface area (Å²) in [4.78, 5) is 2.60. The van der Waals surface area contributed by atoms with Crippen LogP contribution in [0.25, 0.3) is 0 Å². The normalized spacial score (nSPS) is 12.4. The summed E-state index contributed by atoms with van der Waals surface area (Å²) in [6, 6.07) is 15.9. The molecule has 2 heteroatoms. The summed E-state index contributed by atoms with van der Waals surface area (Å²) < 4.78 is 0. The number of benzene rings is 2. The minimum Gasteiger partial charge on any atom is -0.310 e. The van der Waals surface area contributed by atoms with Crippen molar-refractivity contribution in [1.82, 2.24) is 5.32 Å². The molecule has 0 aliphatic rings. The number of hydrogen-bond acceptors (Lipinski definition) is 2. The Hall–Kier alpha value is -1.25. The Balaban J connectivity index is 2.08. The van der Waals surface area contributed by atoms with Crippen molar-refractivity contribution < 1.29 is 0 Å². The van der Waals surface area contributed by atoms with Crippen molar-refractivity contribution in [3.8, 4) is 0 Å². The van der Waals surface area contributed by atoms with Crippen molar-refractivity contribution in [1.29, 1.82) is 0 Å². The fraction of sp³-hybridized carbons (Fsp3) is 0.333. The lowest BCUT2D eigenvalue weighted by Crippen LogP contribution is -2.17. The molecule has 2 aromatic carbocycles. The van der Waals surface area contributed by atoms with Gasteiger partial charge >= 0.3 is 0 Å². The highest BCUT2D eigenvalue weighted by Gasteiger charge is 2.04. The van der Waals surface area contributed by atoms with Crippen LogP contribution in [-0.4, -0.2) is 6.54 Å². The Morgan fingerprint density at radius 3 is 2.20 bits per heavy atom. The Morgan fingerprint density at radius 2 is 1.60 bits per heavy atom. The third-order valence-electron chi connectivity index (χ3n) is 3.60. The number of nitrogens with one attached hydrogen (secondary N) is 1. The molecular weight excluding hydrogens is 262 g/mol. The first-order valence-corrected chi connectivity index (χ1v) is 8.00. The fourth-order valence-corrected chi connectivity index (χ4v) is 3.08. The van der Waals surface area contributed by atoms with Gasteiger partial charge in [0, 0.05) is 15.8 Å². The Bertz CT molecular complexity index is 560. The van der Waals surface area contributed by atoms with E-state index in [1.165, 1.54) is 26.5 Å². The smallest absolute Gasteiger partial charge is 0.0291 e. The van der Waals surface area contributed by atoms with Crippen LogP contribution in [0.5, 0.6) is 0 Å². The molecule has 2 rings (SSSR count). The van der Waals surface area contributed by atoms with Crippen LogP contribution in [0.4, 0.5) is 0 Å². The third kappa shape index (κ3) is 3.87. The molecule has 0 amide bonds. The standard InChI is InChI=1S/C18H23NS/c1-5-19-15(4)16-7-10-17(11-8-16)20-18-9-6-13(2)14(3)12-18/h6-12,15,19H,5H2,1-4H3. The van der Waals surface area contributed by atoms with Crippen molar-refractivity contribution in [3.05, 3.63) is 59.2 Å². The fourth-order valence-electron chi connectivity index (χ4n) is 2.16. The molecule has 0 aliphatic carbocycles. The lowest BCUT2D eigenvalue weighted by molar-refractivity contribution is 0.598. The topological polar surface area (TPSA) is 12.0 Å². The molecule has 0 spiro atoms. The van der Waals surface area contributed by atoms with Crippen LogP contribution in [0.15, 0.2) is 52.3 Å². The first-order valence-electron chi connectivity index (χ1n) is 7.18. The predicted octanol–water partition coefficient (Wildman–Crippen LogP) is 5.13. The van der Waals surface area contributed by atoms with Crippen LogP contribution in [0, 0.1) is 13.8 Å². The van der Waals surface area contributed by atoms with E-state index in [1.807, 2.05) is 11.8 Å². The highest BCUT2D eigenvalue weighted by atomic mass is 32.2. The zero-order chi connectivity index (χ0) is 14.5. The molecule has 0 saturated heterocycles. The predicted molar refractivity (Wildman–Crippen MR) is 88.6 cm³/mol. The molecule has 0 aliphatic heterocycles. The molecule has 1 unspecified atom stereocenters. The van der Waals surface area contributed by atoms with Crippen molar-refractivity contribution in [2.75, 3.05) is 6.54 Å². The van der Waals surface area contributed by atoms with Gasteiger partial charge in [0.15, 0.2) is 0 Å². The van der Waals surface area contributed by atoms with Gasteiger partial charge in [-0.1, -0.05) is 36.9 Å². The molecule has 1 atom stereocenters. The van der Waals surface area contributed by atoms with Crippen LogP contribution < -0.4 is 5.32 Å². The minimum absolute atomic E-state index is 0.417. The SMILES string of the molecule is CCNC(C)c1ccc(Sc2ccc(C)c(C)c2)cc1. The molecule has 20 heavy (non-hydrogen) atoms. The van der Waals surface area contributed by atoms with Crippen LogP contribution in [-0.2, 0) is 0 Å². The second kappa shape index (κ2) is 6.96. The minimum atomic E-state index is 0.417. The second-order valence-electron chi connectivity index (χ2n) is 5.20. The van der Waals surface area contributed by atoms with E-state index < -0.39 is 0 Å². The molecule has 0 radical (unpaired) electrons. The van der Waals surface area contributed by atoms with E-state index in [4.69, 9.17) is 0 Å². The Labute approximate surface area is 126 Å². The van der Waals surface area contributed by atoms with E-state index in [0.29, 0.717) is 6.04 Å². The molecular formula is C18H23NS. The van der Waals surface area contributed by atoms with E-state index >= 15 is 0 Å². The third-order valence-corrected chi connectivity index (χ3v) is 4.60. The summed E-state index contributed by atoms with van der Waals surface area (Å²) in [6.07, 6.45) is 0. The average molecular weight is 285 g/mol. The molecule has 0 saturated carbocycles. The summed E-state index contributed by atoms with van der Waals surface area (Å²) >= 11 is 1.82. The largest absolute Gasteiger partial charge is 0.310 e. The van der Waals surface area contributed by atoms with Crippen molar-refractivity contribution in [3.63, 3.8) is 0 Å². The van der Waals surface area contributed by atoms with Gasteiger partial charge in [-0.2, -0.15) is 0 Å². The van der Waals surface area contributed by atoms with Crippen molar-refractivity contribution in [2.45, 2.75) is 43.5 Å². The first kappa shape index (κ1) is 15.1. The van der Waals surface area contributed by atoms with Crippen LogP contribution in [0.1, 0.15) is 36.6 Å². The van der Waals surface area contributed by atoms with E-state index in [9.17, 15) is 0 Å². The van der Waals surface area contributed by atoms with Gasteiger partial charge in [0.2, 0.25) is 0 Å². The van der Waals surface area contributed by atoms with Gasteiger partial charge in [-0.15, -0.1) is 0 Å². The quantitative estimate of drug-likeness (QED) is 0.817. The summed E-state index contributed by atoms with van der Waals surface area (Å²) in [7, 11) is 0. The van der Waals surface area contributed by atoms with Gasteiger partial charge in [0.1, 0.15) is 0 Å². The van der Waals surface area contributed by atoms with Gasteiger partial charge in [-0.05, 0) is 68.3 Å². The van der Waals surface area contributed by atoms with Gasteiger partial charge in [-0.3, -0.25) is 0 Å².